The van der Waals surface area contributed by atoms with E-state index in [2.05, 4.69) is 10.6 Å². The van der Waals surface area contributed by atoms with Crippen LogP contribution >= 0.6 is 0 Å². The van der Waals surface area contributed by atoms with Gasteiger partial charge in [0.25, 0.3) is 5.56 Å². The van der Waals surface area contributed by atoms with Crippen LogP contribution in [0.1, 0.15) is 43.5 Å². The molecular weight excluding hydrogens is 318 g/mol. The highest BCUT2D eigenvalue weighted by Gasteiger charge is 2.50. The number of allylic oxidation sites excluding steroid dienone is 1. The second-order valence-corrected chi connectivity index (χ2v) is 7.40. The molecule has 3 heterocycles. The zero-order valence-corrected chi connectivity index (χ0v) is 14.4. The van der Waals surface area contributed by atoms with Crippen LogP contribution in [0.2, 0.25) is 0 Å². The Bertz CT molecular complexity index is 766. The monoisotopic (exact) mass is 343 g/mol. The minimum absolute atomic E-state index is 0.000964. The molecule has 3 aliphatic rings. The van der Waals surface area contributed by atoms with Gasteiger partial charge in [0.05, 0.1) is 12.1 Å². The molecule has 1 aromatic rings. The molecule has 4 rings (SSSR count). The number of amides is 1. The number of nitrogens with one attached hydrogen (secondary N) is 2. The summed E-state index contributed by atoms with van der Waals surface area (Å²) < 4.78 is 1.79. The van der Waals surface area contributed by atoms with Crippen molar-refractivity contribution in [3.05, 3.63) is 39.8 Å². The largest absolute Gasteiger partial charge is 0.396 e. The predicted molar refractivity (Wildman–Crippen MR) is 94.9 cm³/mol. The van der Waals surface area contributed by atoms with Crippen LogP contribution in [0.4, 0.5) is 0 Å². The third-order valence-electron chi connectivity index (χ3n) is 6.01. The van der Waals surface area contributed by atoms with Crippen LogP contribution < -0.4 is 16.2 Å². The average molecular weight is 343 g/mol. The van der Waals surface area contributed by atoms with Crippen LogP contribution in [-0.2, 0) is 11.3 Å². The number of aromatic nitrogens is 1. The number of carbonyl (C=O) groups is 1. The lowest BCUT2D eigenvalue weighted by atomic mass is 9.87. The number of fused-ring (bicyclic) bond motifs is 3. The van der Waals surface area contributed by atoms with Crippen molar-refractivity contribution in [2.24, 2.45) is 11.8 Å². The van der Waals surface area contributed by atoms with E-state index in [-0.39, 0.29) is 48.0 Å². The molecule has 0 unspecified atom stereocenters. The van der Waals surface area contributed by atoms with Gasteiger partial charge in [-0.3, -0.25) is 14.9 Å². The Kier molecular flexibility index (Phi) is 4.25. The predicted octanol–water partition coefficient (Wildman–Crippen LogP) is 0.801. The summed E-state index contributed by atoms with van der Waals surface area (Å²) in [5, 5.41) is 16.4. The van der Waals surface area contributed by atoms with Crippen LogP contribution in [0.15, 0.2) is 23.0 Å². The molecular formula is C19H25N3O3. The molecule has 25 heavy (non-hydrogen) atoms. The van der Waals surface area contributed by atoms with E-state index >= 15 is 0 Å². The smallest absolute Gasteiger partial charge is 0.258 e. The topological polar surface area (TPSA) is 83.4 Å². The van der Waals surface area contributed by atoms with Gasteiger partial charge in [0.1, 0.15) is 0 Å². The van der Waals surface area contributed by atoms with Crippen molar-refractivity contribution in [1.29, 1.82) is 0 Å². The molecule has 1 aromatic heterocycles. The highest BCUT2D eigenvalue weighted by atomic mass is 16.3. The Morgan fingerprint density at radius 2 is 2.24 bits per heavy atom. The molecule has 0 spiro atoms. The quantitative estimate of drug-likeness (QED) is 0.755. The fourth-order valence-electron chi connectivity index (χ4n) is 4.42. The van der Waals surface area contributed by atoms with E-state index in [0.29, 0.717) is 12.1 Å². The van der Waals surface area contributed by atoms with Gasteiger partial charge in [-0.25, -0.2) is 0 Å². The average Bonchev–Trinajstić information content (AvgIpc) is 3.10. The standard InChI is InChI=1S/C19H25N3O3/c1-2-4-11-7-8-15-16-13(9-22(15)19(11)25)14(10-23)17(21-16)18(24)20-12-5-3-6-12/h2,4,7-8,12-14,16-17,21,23H,3,5-6,9-10H2,1H3,(H,20,24)/b4-2+/t13-,14-,16+,17-/m1/s1. The van der Waals surface area contributed by atoms with Crippen LogP contribution in [-0.4, -0.2) is 34.3 Å². The number of nitrogens with zero attached hydrogens (tertiary/aromatic N) is 1. The Labute approximate surface area is 146 Å². The second kappa shape index (κ2) is 6.42. The van der Waals surface area contributed by atoms with E-state index in [9.17, 15) is 14.7 Å². The van der Waals surface area contributed by atoms with E-state index in [1.165, 1.54) is 6.42 Å². The van der Waals surface area contributed by atoms with Gasteiger partial charge in [-0.15, -0.1) is 0 Å². The van der Waals surface area contributed by atoms with E-state index in [1.54, 1.807) is 4.57 Å². The molecule has 0 bridgehead atoms. The van der Waals surface area contributed by atoms with Gasteiger partial charge in [0, 0.05) is 42.3 Å². The molecule has 134 valence electrons. The highest BCUT2D eigenvalue weighted by molar-refractivity contribution is 5.83. The lowest BCUT2D eigenvalue weighted by molar-refractivity contribution is -0.125. The number of aliphatic hydroxyl groups is 1. The third kappa shape index (κ3) is 2.64. The molecule has 6 heteroatoms. The maximum absolute atomic E-state index is 12.6. The lowest BCUT2D eigenvalue weighted by Crippen LogP contribution is -2.51. The van der Waals surface area contributed by atoms with Gasteiger partial charge in [-0.05, 0) is 38.3 Å². The summed E-state index contributed by atoms with van der Waals surface area (Å²) in [6, 6.07) is 3.65. The maximum atomic E-state index is 12.6. The number of pyridine rings is 1. The fraction of sp³-hybridized carbons (Fsp3) is 0.579. The molecule has 1 aliphatic carbocycles. The SMILES string of the molecule is C/C=C/c1ccc2n(c1=O)C[C@@H]1[C@@H](CO)[C@H](C(=O)NC3CCC3)N[C@H]21. The van der Waals surface area contributed by atoms with Crippen molar-refractivity contribution in [1.82, 2.24) is 15.2 Å². The summed E-state index contributed by atoms with van der Waals surface area (Å²) >= 11 is 0. The van der Waals surface area contributed by atoms with Crippen molar-refractivity contribution >= 4 is 12.0 Å². The summed E-state index contributed by atoms with van der Waals surface area (Å²) in [6.45, 7) is 2.39. The molecule has 1 amide bonds. The molecule has 2 fully saturated rings. The van der Waals surface area contributed by atoms with E-state index in [1.807, 2.05) is 31.2 Å². The van der Waals surface area contributed by atoms with E-state index < -0.39 is 0 Å². The first-order valence-corrected chi connectivity index (χ1v) is 9.17. The maximum Gasteiger partial charge on any atom is 0.258 e. The van der Waals surface area contributed by atoms with Gasteiger partial charge < -0.3 is 15.0 Å². The minimum Gasteiger partial charge on any atom is -0.396 e. The zero-order valence-electron chi connectivity index (χ0n) is 14.4. The summed E-state index contributed by atoms with van der Waals surface area (Å²) in [7, 11) is 0. The molecule has 1 saturated heterocycles. The zero-order chi connectivity index (χ0) is 17.6. The van der Waals surface area contributed by atoms with Crippen molar-refractivity contribution in [2.45, 2.75) is 50.9 Å². The van der Waals surface area contributed by atoms with Gasteiger partial charge in [0.2, 0.25) is 5.91 Å². The molecule has 3 N–H and O–H groups in total. The van der Waals surface area contributed by atoms with E-state index in [0.717, 1.165) is 18.5 Å². The van der Waals surface area contributed by atoms with Crippen molar-refractivity contribution in [3.63, 3.8) is 0 Å². The van der Waals surface area contributed by atoms with Gasteiger partial charge in [-0.2, -0.15) is 0 Å². The number of carbonyl (C=O) groups excluding carboxylic acids is 1. The third-order valence-corrected chi connectivity index (χ3v) is 6.01. The summed E-state index contributed by atoms with van der Waals surface area (Å²) in [6.07, 6.45) is 6.93. The Morgan fingerprint density at radius 1 is 1.44 bits per heavy atom. The number of aliphatic hydroxyl groups excluding tert-OH is 1. The number of rotatable bonds is 4. The molecule has 1 saturated carbocycles. The first kappa shape index (κ1) is 16.5. The first-order valence-electron chi connectivity index (χ1n) is 9.17. The van der Waals surface area contributed by atoms with Gasteiger partial charge >= 0.3 is 0 Å². The van der Waals surface area contributed by atoms with Crippen LogP contribution in [0.25, 0.3) is 6.08 Å². The fourth-order valence-corrected chi connectivity index (χ4v) is 4.42. The van der Waals surface area contributed by atoms with Crippen LogP contribution in [0.5, 0.6) is 0 Å². The minimum atomic E-state index is -0.389. The molecule has 0 aromatic carbocycles. The van der Waals surface area contributed by atoms with Gasteiger partial charge in [-0.1, -0.05) is 12.2 Å². The molecule has 2 aliphatic heterocycles. The first-order chi connectivity index (χ1) is 12.1. The van der Waals surface area contributed by atoms with Crippen molar-refractivity contribution in [2.75, 3.05) is 6.61 Å². The normalized spacial score (nSPS) is 31.0. The van der Waals surface area contributed by atoms with Crippen molar-refractivity contribution in [3.8, 4) is 0 Å². The molecule has 0 radical (unpaired) electrons. The molecule has 4 atom stereocenters. The molecule has 6 nitrogen and oxygen atoms in total. The second-order valence-electron chi connectivity index (χ2n) is 7.40. The van der Waals surface area contributed by atoms with E-state index in [4.69, 9.17) is 0 Å². The highest BCUT2D eigenvalue weighted by Crippen LogP contribution is 2.42. The van der Waals surface area contributed by atoms with Crippen molar-refractivity contribution < 1.29 is 9.90 Å². The van der Waals surface area contributed by atoms with Crippen LogP contribution in [0, 0.1) is 11.8 Å². The Hall–Kier alpha value is -1.92. The van der Waals surface area contributed by atoms with Crippen LogP contribution in [0.3, 0.4) is 0 Å². The summed E-state index contributed by atoms with van der Waals surface area (Å²) in [5.74, 6) is -0.122. The van der Waals surface area contributed by atoms with Gasteiger partial charge in [0.15, 0.2) is 0 Å². The lowest BCUT2D eigenvalue weighted by Gasteiger charge is -2.29. The Morgan fingerprint density at radius 3 is 2.88 bits per heavy atom. The summed E-state index contributed by atoms with van der Waals surface area (Å²) in [4.78, 5) is 25.2. The number of hydrogen-bond acceptors (Lipinski definition) is 4. The summed E-state index contributed by atoms with van der Waals surface area (Å²) in [5.41, 5.74) is 1.59. The number of hydrogen-bond donors (Lipinski definition) is 3. The Balaban J connectivity index is 1.59.